The highest BCUT2D eigenvalue weighted by molar-refractivity contribution is 7.71. The molecule has 6 nitrogen and oxygen atoms in total. The molecule has 1 N–H and O–H groups in total. The standard InChI is InChI=1S/C23H29N5OS/c1-19-24-28(23(30)27(19)17-20-6-4-3-5-7-20)18-25(2)16-21-8-10-22(11-9-21)26-12-14-29-15-13-26/h3-11H,12-18H2,1-2H3/p+1. The van der Waals surface area contributed by atoms with E-state index in [2.05, 4.69) is 65.0 Å². The van der Waals surface area contributed by atoms with Crippen molar-refractivity contribution in [2.45, 2.75) is 26.7 Å². The van der Waals surface area contributed by atoms with Crippen molar-refractivity contribution in [2.24, 2.45) is 0 Å². The highest BCUT2D eigenvalue weighted by Crippen LogP contribution is 2.16. The summed E-state index contributed by atoms with van der Waals surface area (Å²) in [5, 5.41) is 4.70. The number of nitrogens with one attached hydrogen (secondary N) is 1. The normalized spacial score (nSPS) is 15.3. The number of morpholine rings is 1. The van der Waals surface area contributed by atoms with Crippen molar-refractivity contribution in [3.05, 3.63) is 76.3 Å². The lowest BCUT2D eigenvalue weighted by molar-refractivity contribution is -0.917. The lowest BCUT2D eigenvalue weighted by Gasteiger charge is -2.29. The Bertz CT molecular complexity index is 1010. The van der Waals surface area contributed by atoms with Crippen molar-refractivity contribution in [3.63, 3.8) is 0 Å². The molecule has 0 saturated carbocycles. The maximum absolute atomic E-state index is 5.72. The SMILES string of the molecule is Cc1nn(C[NH+](C)Cc2ccc(N3CCOCC3)cc2)c(=S)n1Cc1ccccc1. The fourth-order valence-corrected chi connectivity index (χ4v) is 4.21. The van der Waals surface area contributed by atoms with Gasteiger partial charge in [-0.2, -0.15) is 9.78 Å². The van der Waals surface area contributed by atoms with E-state index in [0.717, 1.165) is 56.7 Å². The molecule has 1 unspecified atom stereocenters. The van der Waals surface area contributed by atoms with Crippen molar-refractivity contribution in [1.29, 1.82) is 0 Å². The first kappa shape index (κ1) is 20.8. The molecule has 2 aromatic carbocycles. The minimum absolute atomic E-state index is 0.743. The molecule has 2 heterocycles. The molecule has 1 aliphatic rings. The van der Waals surface area contributed by atoms with Crippen LogP contribution in [0.5, 0.6) is 0 Å². The van der Waals surface area contributed by atoms with Gasteiger partial charge in [0.05, 0.1) is 26.8 Å². The van der Waals surface area contributed by atoms with Gasteiger partial charge < -0.3 is 14.5 Å². The van der Waals surface area contributed by atoms with Gasteiger partial charge in [-0.05, 0) is 36.8 Å². The second-order valence-corrected chi connectivity index (χ2v) is 8.32. The fraction of sp³-hybridized carbons (Fsp3) is 0.391. The number of rotatable bonds is 7. The van der Waals surface area contributed by atoms with Crippen molar-refractivity contribution >= 4 is 17.9 Å². The largest absolute Gasteiger partial charge is 0.378 e. The minimum Gasteiger partial charge on any atom is -0.378 e. The zero-order valence-corrected chi connectivity index (χ0v) is 18.6. The summed E-state index contributed by atoms with van der Waals surface area (Å²) in [6.45, 7) is 8.00. The van der Waals surface area contributed by atoms with E-state index in [1.165, 1.54) is 21.7 Å². The van der Waals surface area contributed by atoms with Crippen LogP contribution in [0.25, 0.3) is 0 Å². The van der Waals surface area contributed by atoms with E-state index in [1.807, 2.05) is 17.7 Å². The van der Waals surface area contributed by atoms with Crippen LogP contribution in [0.1, 0.15) is 17.0 Å². The molecule has 1 saturated heterocycles. The van der Waals surface area contributed by atoms with Crippen LogP contribution < -0.4 is 9.80 Å². The number of aromatic nitrogens is 3. The zero-order valence-electron chi connectivity index (χ0n) is 17.8. The number of anilines is 1. The maximum Gasteiger partial charge on any atom is 0.203 e. The third-order valence-corrected chi connectivity index (χ3v) is 5.96. The van der Waals surface area contributed by atoms with Crippen LogP contribution in [0.3, 0.4) is 0 Å². The quantitative estimate of drug-likeness (QED) is 0.591. The van der Waals surface area contributed by atoms with Crippen molar-refractivity contribution in [2.75, 3.05) is 38.3 Å². The molecule has 158 valence electrons. The first-order valence-electron chi connectivity index (χ1n) is 10.5. The second kappa shape index (κ2) is 9.55. The number of nitrogens with zero attached hydrogens (tertiary/aromatic N) is 4. The Kier molecular flexibility index (Phi) is 6.62. The summed E-state index contributed by atoms with van der Waals surface area (Å²) < 4.78 is 10.3. The summed E-state index contributed by atoms with van der Waals surface area (Å²) in [5.74, 6) is 0.950. The number of ether oxygens (including phenoxy) is 1. The van der Waals surface area contributed by atoms with Crippen LogP contribution in [0, 0.1) is 11.7 Å². The van der Waals surface area contributed by atoms with E-state index in [9.17, 15) is 0 Å². The van der Waals surface area contributed by atoms with Gasteiger partial charge in [0.1, 0.15) is 12.4 Å². The molecule has 1 aliphatic heterocycles. The second-order valence-electron chi connectivity index (χ2n) is 7.96. The highest BCUT2D eigenvalue weighted by atomic mass is 32.1. The van der Waals surface area contributed by atoms with Crippen molar-refractivity contribution in [3.8, 4) is 0 Å². The van der Waals surface area contributed by atoms with E-state index in [0.29, 0.717) is 0 Å². The lowest BCUT2D eigenvalue weighted by atomic mass is 10.2. The van der Waals surface area contributed by atoms with Crippen LogP contribution in [0.4, 0.5) is 5.69 Å². The smallest absolute Gasteiger partial charge is 0.203 e. The molecule has 4 rings (SSSR count). The third kappa shape index (κ3) is 4.98. The van der Waals surface area contributed by atoms with E-state index in [1.54, 1.807) is 0 Å². The van der Waals surface area contributed by atoms with Gasteiger partial charge in [-0.15, -0.1) is 0 Å². The number of hydrogen-bond acceptors (Lipinski definition) is 4. The van der Waals surface area contributed by atoms with Gasteiger partial charge in [0.2, 0.25) is 4.77 Å². The monoisotopic (exact) mass is 424 g/mol. The lowest BCUT2D eigenvalue weighted by Crippen LogP contribution is -3.07. The van der Waals surface area contributed by atoms with Crippen LogP contribution in [-0.2, 0) is 24.5 Å². The van der Waals surface area contributed by atoms with Crippen molar-refractivity contribution in [1.82, 2.24) is 14.3 Å². The summed E-state index contributed by atoms with van der Waals surface area (Å²) in [7, 11) is 2.18. The molecule has 3 aromatic rings. The Morgan fingerprint density at radius 2 is 1.70 bits per heavy atom. The molecule has 0 spiro atoms. The van der Waals surface area contributed by atoms with Gasteiger partial charge in [0.15, 0.2) is 6.67 Å². The summed E-state index contributed by atoms with van der Waals surface area (Å²) in [6, 6.07) is 19.3. The molecule has 0 radical (unpaired) electrons. The molecule has 1 atom stereocenters. The average molecular weight is 425 g/mol. The van der Waals surface area contributed by atoms with Gasteiger partial charge in [-0.25, -0.2) is 0 Å². The number of benzene rings is 2. The molecular weight excluding hydrogens is 394 g/mol. The van der Waals surface area contributed by atoms with Gasteiger partial charge >= 0.3 is 0 Å². The molecule has 0 bridgehead atoms. The summed E-state index contributed by atoms with van der Waals surface area (Å²) >= 11 is 5.72. The van der Waals surface area contributed by atoms with Crippen LogP contribution in [-0.4, -0.2) is 47.7 Å². The van der Waals surface area contributed by atoms with Crippen LogP contribution in [0.2, 0.25) is 0 Å². The van der Waals surface area contributed by atoms with Gasteiger partial charge in [0, 0.05) is 24.3 Å². The molecule has 1 aromatic heterocycles. The average Bonchev–Trinajstić information content (AvgIpc) is 3.03. The van der Waals surface area contributed by atoms with E-state index >= 15 is 0 Å². The van der Waals surface area contributed by atoms with Gasteiger partial charge in [0.25, 0.3) is 0 Å². The van der Waals surface area contributed by atoms with Gasteiger partial charge in [-0.3, -0.25) is 4.57 Å². The summed E-state index contributed by atoms with van der Waals surface area (Å²) in [6.07, 6.45) is 0. The van der Waals surface area contributed by atoms with Crippen LogP contribution >= 0.6 is 12.2 Å². The Hall–Kier alpha value is -2.48. The molecule has 0 amide bonds. The highest BCUT2D eigenvalue weighted by Gasteiger charge is 2.13. The topological polar surface area (TPSA) is 39.7 Å². The summed E-state index contributed by atoms with van der Waals surface area (Å²) in [5.41, 5.74) is 3.82. The Balaban J connectivity index is 1.38. The predicted molar refractivity (Wildman–Crippen MR) is 121 cm³/mol. The first-order valence-corrected chi connectivity index (χ1v) is 10.9. The first-order chi connectivity index (χ1) is 14.6. The Morgan fingerprint density at radius 3 is 2.40 bits per heavy atom. The number of quaternary nitrogens is 1. The fourth-order valence-electron chi connectivity index (χ4n) is 3.91. The predicted octanol–water partition coefficient (Wildman–Crippen LogP) is 2.28. The molecular formula is C23H30N5OS+. The zero-order chi connectivity index (χ0) is 20.9. The van der Waals surface area contributed by atoms with Gasteiger partial charge in [-0.1, -0.05) is 42.5 Å². The number of hydrogen-bond donors (Lipinski definition) is 1. The maximum atomic E-state index is 5.72. The third-order valence-electron chi connectivity index (χ3n) is 5.53. The van der Waals surface area contributed by atoms with Crippen LogP contribution in [0.15, 0.2) is 54.6 Å². The Morgan fingerprint density at radius 1 is 1.00 bits per heavy atom. The summed E-state index contributed by atoms with van der Waals surface area (Å²) in [4.78, 5) is 3.72. The molecule has 7 heteroatoms. The molecule has 1 fully saturated rings. The van der Waals surface area contributed by atoms with E-state index < -0.39 is 0 Å². The minimum atomic E-state index is 0.743. The Labute approximate surface area is 183 Å². The number of aryl methyl sites for hydroxylation is 1. The van der Waals surface area contributed by atoms with Crippen molar-refractivity contribution < 1.29 is 9.64 Å². The van der Waals surface area contributed by atoms with E-state index in [4.69, 9.17) is 22.1 Å². The molecule has 30 heavy (non-hydrogen) atoms. The van der Waals surface area contributed by atoms with E-state index in [-0.39, 0.29) is 0 Å². The molecule has 0 aliphatic carbocycles.